The Bertz CT molecular complexity index is 191. The Balaban J connectivity index is 2.85. The van der Waals surface area contributed by atoms with Crippen LogP contribution in [-0.2, 0) is 0 Å². The van der Waals surface area contributed by atoms with Crippen molar-refractivity contribution in [3.63, 3.8) is 0 Å². The molecular formula is C7H10BrN. The fourth-order valence-corrected chi connectivity index (χ4v) is 1.08. The first-order valence-electron chi connectivity index (χ1n) is 3.04. The van der Waals surface area contributed by atoms with Gasteiger partial charge in [-0.2, -0.15) is 0 Å². The maximum absolute atomic E-state index is 3.34. The Morgan fingerprint density at radius 3 is 2.33 bits per heavy atom. The Morgan fingerprint density at radius 1 is 1.44 bits per heavy atom. The van der Waals surface area contributed by atoms with Gasteiger partial charge in [-0.05, 0) is 34.0 Å². The van der Waals surface area contributed by atoms with Gasteiger partial charge in [0.25, 0.3) is 0 Å². The largest absolute Gasteiger partial charge is 0.353 e. The quantitative estimate of drug-likeness (QED) is 0.697. The minimum Gasteiger partial charge on any atom is -0.353 e. The van der Waals surface area contributed by atoms with E-state index in [1.165, 1.54) is 5.69 Å². The summed E-state index contributed by atoms with van der Waals surface area (Å²) in [4.78, 5) is 3.19. The van der Waals surface area contributed by atoms with Crippen molar-refractivity contribution in [1.82, 2.24) is 4.98 Å². The molecule has 0 fully saturated rings. The maximum Gasteiger partial charge on any atom is 0.0822 e. The topological polar surface area (TPSA) is 15.8 Å². The van der Waals surface area contributed by atoms with Crippen molar-refractivity contribution >= 4 is 15.9 Å². The van der Waals surface area contributed by atoms with E-state index in [0.29, 0.717) is 5.92 Å². The SMILES string of the molecule is CC(C)c1ccc(Br)[nH]1. The first kappa shape index (κ1) is 6.87. The molecule has 0 aromatic carbocycles. The monoisotopic (exact) mass is 187 g/mol. The third kappa shape index (κ3) is 1.58. The van der Waals surface area contributed by atoms with Crippen molar-refractivity contribution in [3.8, 4) is 0 Å². The van der Waals surface area contributed by atoms with Crippen LogP contribution in [0, 0.1) is 0 Å². The van der Waals surface area contributed by atoms with Gasteiger partial charge in [0.2, 0.25) is 0 Å². The second kappa shape index (κ2) is 2.56. The molecule has 1 aromatic heterocycles. The predicted molar refractivity (Wildman–Crippen MR) is 42.6 cm³/mol. The lowest BCUT2D eigenvalue weighted by molar-refractivity contribution is 0.830. The molecule has 2 heteroatoms. The van der Waals surface area contributed by atoms with E-state index in [1.54, 1.807) is 0 Å². The van der Waals surface area contributed by atoms with Crippen molar-refractivity contribution in [3.05, 3.63) is 22.4 Å². The van der Waals surface area contributed by atoms with Crippen LogP contribution in [0.25, 0.3) is 0 Å². The lowest BCUT2D eigenvalue weighted by atomic mass is 10.1. The van der Waals surface area contributed by atoms with Crippen molar-refractivity contribution < 1.29 is 0 Å². The molecule has 9 heavy (non-hydrogen) atoms. The number of halogens is 1. The van der Waals surface area contributed by atoms with Gasteiger partial charge in [0.05, 0.1) is 4.60 Å². The lowest BCUT2D eigenvalue weighted by Gasteiger charge is -1.97. The molecule has 0 atom stereocenters. The maximum atomic E-state index is 3.34. The van der Waals surface area contributed by atoms with Crippen LogP contribution in [0.3, 0.4) is 0 Å². The van der Waals surface area contributed by atoms with Crippen LogP contribution in [0.15, 0.2) is 16.7 Å². The highest BCUT2D eigenvalue weighted by atomic mass is 79.9. The molecule has 0 radical (unpaired) electrons. The highest BCUT2D eigenvalue weighted by Crippen LogP contribution is 2.15. The van der Waals surface area contributed by atoms with Crippen LogP contribution in [0.1, 0.15) is 25.5 Å². The molecule has 50 valence electrons. The van der Waals surface area contributed by atoms with E-state index in [0.717, 1.165) is 4.60 Å². The number of hydrogen-bond acceptors (Lipinski definition) is 0. The van der Waals surface area contributed by atoms with E-state index in [-0.39, 0.29) is 0 Å². The molecular weight excluding hydrogens is 178 g/mol. The van der Waals surface area contributed by atoms with Crippen molar-refractivity contribution in [1.29, 1.82) is 0 Å². The third-order valence-corrected chi connectivity index (χ3v) is 1.76. The third-order valence-electron chi connectivity index (χ3n) is 1.29. The van der Waals surface area contributed by atoms with Crippen LogP contribution >= 0.6 is 15.9 Å². The Hall–Kier alpha value is -0.240. The lowest BCUT2D eigenvalue weighted by Crippen LogP contribution is -1.84. The molecule has 0 aliphatic carbocycles. The number of H-pyrrole nitrogens is 1. The van der Waals surface area contributed by atoms with Gasteiger partial charge >= 0.3 is 0 Å². The van der Waals surface area contributed by atoms with E-state index in [9.17, 15) is 0 Å². The zero-order valence-corrected chi connectivity index (χ0v) is 7.20. The zero-order valence-electron chi connectivity index (χ0n) is 5.61. The molecule has 1 nitrogen and oxygen atoms in total. The molecule has 1 N–H and O–H groups in total. The van der Waals surface area contributed by atoms with Gasteiger partial charge in [-0.3, -0.25) is 0 Å². The molecule has 0 saturated heterocycles. The molecule has 1 aromatic rings. The average Bonchev–Trinajstić information content (AvgIpc) is 2.14. The second-order valence-electron chi connectivity index (χ2n) is 2.42. The predicted octanol–water partition coefficient (Wildman–Crippen LogP) is 2.90. The van der Waals surface area contributed by atoms with Gasteiger partial charge in [0.1, 0.15) is 0 Å². The number of hydrogen-bond donors (Lipinski definition) is 1. The number of rotatable bonds is 1. The average molecular weight is 188 g/mol. The number of nitrogens with one attached hydrogen (secondary N) is 1. The van der Waals surface area contributed by atoms with E-state index in [4.69, 9.17) is 0 Å². The van der Waals surface area contributed by atoms with E-state index < -0.39 is 0 Å². The molecule has 0 aliphatic rings. The summed E-state index contributed by atoms with van der Waals surface area (Å²) in [7, 11) is 0. The summed E-state index contributed by atoms with van der Waals surface area (Å²) in [6.07, 6.45) is 0. The van der Waals surface area contributed by atoms with Crippen molar-refractivity contribution in [2.75, 3.05) is 0 Å². The minimum atomic E-state index is 0.594. The number of aromatic nitrogens is 1. The fraction of sp³-hybridized carbons (Fsp3) is 0.429. The number of aromatic amines is 1. The molecule has 0 spiro atoms. The zero-order chi connectivity index (χ0) is 6.85. The van der Waals surface area contributed by atoms with Crippen molar-refractivity contribution in [2.45, 2.75) is 19.8 Å². The van der Waals surface area contributed by atoms with Gasteiger partial charge in [-0.25, -0.2) is 0 Å². The van der Waals surface area contributed by atoms with E-state index in [1.807, 2.05) is 6.07 Å². The summed E-state index contributed by atoms with van der Waals surface area (Å²) in [6.45, 7) is 4.33. The summed E-state index contributed by atoms with van der Waals surface area (Å²) >= 11 is 3.34. The summed E-state index contributed by atoms with van der Waals surface area (Å²) in [6, 6.07) is 4.12. The van der Waals surface area contributed by atoms with Gasteiger partial charge in [0, 0.05) is 5.69 Å². The van der Waals surface area contributed by atoms with E-state index >= 15 is 0 Å². The smallest absolute Gasteiger partial charge is 0.0822 e. The Morgan fingerprint density at radius 2 is 2.11 bits per heavy atom. The first-order valence-corrected chi connectivity index (χ1v) is 3.84. The van der Waals surface area contributed by atoms with Crippen LogP contribution in [-0.4, -0.2) is 4.98 Å². The second-order valence-corrected chi connectivity index (χ2v) is 3.27. The highest BCUT2D eigenvalue weighted by molar-refractivity contribution is 9.10. The summed E-state index contributed by atoms with van der Waals surface area (Å²) in [5, 5.41) is 0. The standard InChI is InChI=1S/C7H10BrN/c1-5(2)6-3-4-7(8)9-6/h3-5,9H,1-2H3. The van der Waals surface area contributed by atoms with Crippen LogP contribution in [0.2, 0.25) is 0 Å². The minimum absolute atomic E-state index is 0.594. The summed E-state index contributed by atoms with van der Waals surface area (Å²) < 4.78 is 1.06. The molecule has 0 bridgehead atoms. The van der Waals surface area contributed by atoms with E-state index in [2.05, 4.69) is 40.8 Å². The molecule has 1 heterocycles. The first-order chi connectivity index (χ1) is 4.20. The molecule has 1 rings (SSSR count). The molecule has 0 unspecified atom stereocenters. The fourth-order valence-electron chi connectivity index (χ4n) is 0.721. The Kier molecular flexibility index (Phi) is 1.96. The summed E-state index contributed by atoms with van der Waals surface area (Å²) in [5.74, 6) is 0.594. The molecule has 0 saturated carbocycles. The van der Waals surface area contributed by atoms with Crippen LogP contribution in [0.4, 0.5) is 0 Å². The highest BCUT2D eigenvalue weighted by Gasteiger charge is 1.98. The van der Waals surface area contributed by atoms with Crippen LogP contribution < -0.4 is 0 Å². The molecule has 0 amide bonds. The summed E-state index contributed by atoms with van der Waals surface area (Å²) in [5.41, 5.74) is 1.28. The van der Waals surface area contributed by atoms with Gasteiger partial charge in [0.15, 0.2) is 0 Å². The van der Waals surface area contributed by atoms with Crippen LogP contribution in [0.5, 0.6) is 0 Å². The van der Waals surface area contributed by atoms with Crippen molar-refractivity contribution in [2.24, 2.45) is 0 Å². The normalized spacial score (nSPS) is 10.7. The molecule has 0 aliphatic heterocycles. The van der Waals surface area contributed by atoms with Gasteiger partial charge in [-0.1, -0.05) is 13.8 Å². The van der Waals surface area contributed by atoms with Gasteiger partial charge < -0.3 is 4.98 Å². The van der Waals surface area contributed by atoms with Gasteiger partial charge in [-0.15, -0.1) is 0 Å². The Labute approximate surface area is 63.6 Å².